The fourth-order valence-electron chi connectivity index (χ4n) is 1.89. The van der Waals surface area contributed by atoms with Crippen LogP contribution in [0.5, 0.6) is 23.0 Å². The zero-order valence-electron chi connectivity index (χ0n) is 12.6. The van der Waals surface area contributed by atoms with E-state index in [0.29, 0.717) is 10.9 Å². The Morgan fingerprint density at radius 1 is 1.00 bits per heavy atom. The SMILES string of the molecule is Oc1cc(Cl)c(OCCCOc2ccc(Br)cc2OC(F)F)c(Cl)c1. The van der Waals surface area contributed by atoms with Crippen LogP contribution in [0.25, 0.3) is 0 Å². The van der Waals surface area contributed by atoms with E-state index in [4.69, 9.17) is 32.7 Å². The van der Waals surface area contributed by atoms with Gasteiger partial charge in [-0.25, -0.2) is 0 Å². The predicted octanol–water partition coefficient (Wildman–Crippen LogP) is 5.91. The molecule has 0 aliphatic carbocycles. The molecule has 0 aliphatic heterocycles. The largest absolute Gasteiger partial charge is 0.508 e. The molecule has 0 radical (unpaired) electrons. The van der Waals surface area contributed by atoms with E-state index in [1.807, 2.05) is 0 Å². The van der Waals surface area contributed by atoms with Crippen molar-refractivity contribution in [1.29, 1.82) is 0 Å². The average Bonchev–Trinajstić information content (AvgIpc) is 2.50. The van der Waals surface area contributed by atoms with Gasteiger partial charge in [0.25, 0.3) is 0 Å². The first-order valence-electron chi connectivity index (χ1n) is 7.05. The van der Waals surface area contributed by atoms with Crippen molar-refractivity contribution in [3.05, 3.63) is 44.8 Å². The zero-order chi connectivity index (χ0) is 18.4. The van der Waals surface area contributed by atoms with Gasteiger partial charge in [-0.05, 0) is 18.2 Å². The summed E-state index contributed by atoms with van der Waals surface area (Å²) in [5.74, 6) is 0.332. The number of rotatable bonds is 8. The molecule has 0 unspecified atom stereocenters. The highest BCUT2D eigenvalue weighted by molar-refractivity contribution is 9.10. The summed E-state index contributed by atoms with van der Waals surface area (Å²) in [7, 11) is 0. The standard InChI is InChI=1S/C16H13BrCl2F2O4/c17-9-2-3-13(14(6-9)25-16(20)21)23-4-1-5-24-15-11(18)7-10(22)8-12(15)19/h2-3,6-8,16,22H,1,4-5H2. The highest BCUT2D eigenvalue weighted by Gasteiger charge is 2.12. The summed E-state index contributed by atoms with van der Waals surface area (Å²) in [5.41, 5.74) is 0. The van der Waals surface area contributed by atoms with E-state index in [9.17, 15) is 13.9 Å². The Balaban J connectivity index is 1.86. The number of hydrogen-bond acceptors (Lipinski definition) is 4. The van der Waals surface area contributed by atoms with Crippen molar-refractivity contribution in [1.82, 2.24) is 0 Å². The molecule has 0 saturated heterocycles. The molecular formula is C16H13BrCl2F2O4. The second kappa shape index (κ2) is 9.31. The van der Waals surface area contributed by atoms with Crippen LogP contribution < -0.4 is 14.2 Å². The lowest BCUT2D eigenvalue weighted by atomic mass is 10.3. The number of ether oxygens (including phenoxy) is 3. The average molecular weight is 458 g/mol. The lowest BCUT2D eigenvalue weighted by Gasteiger charge is -2.13. The molecular weight excluding hydrogens is 445 g/mol. The second-order valence-electron chi connectivity index (χ2n) is 4.76. The highest BCUT2D eigenvalue weighted by Crippen LogP contribution is 2.36. The number of phenolic OH excluding ortho intramolecular Hbond substituents is 1. The van der Waals surface area contributed by atoms with Gasteiger partial charge in [-0.1, -0.05) is 39.1 Å². The summed E-state index contributed by atoms with van der Waals surface area (Å²) in [6.45, 7) is -2.51. The Labute approximate surface area is 161 Å². The van der Waals surface area contributed by atoms with Crippen molar-refractivity contribution in [2.75, 3.05) is 13.2 Å². The Morgan fingerprint density at radius 3 is 2.28 bits per heavy atom. The summed E-state index contributed by atoms with van der Waals surface area (Å²) >= 11 is 15.1. The van der Waals surface area contributed by atoms with E-state index < -0.39 is 6.61 Å². The van der Waals surface area contributed by atoms with Crippen LogP contribution >= 0.6 is 39.1 Å². The molecule has 0 saturated carbocycles. The molecule has 136 valence electrons. The Bertz CT molecular complexity index is 708. The number of aromatic hydroxyl groups is 1. The molecule has 25 heavy (non-hydrogen) atoms. The van der Waals surface area contributed by atoms with Crippen LogP contribution in [0.4, 0.5) is 8.78 Å². The molecule has 2 rings (SSSR count). The predicted molar refractivity (Wildman–Crippen MR) is 94.5 cm³/mol. The van der Waals surface area contributed by atoms with E-state index in [-0.39, 0.29) is 46.3 Å². The lowest BCUT2D eigenvalue weighted by Crippen LogP contribution is -2.08. The lowest BCUT2D eigenvalue weighted by molar-refractivity contribution is -0.0515. The third-order valence-electron chi connectivity index (χ3n) is 2.90. The van der Waals surface area contributed by atoms with Gasteiger partial charge in [0.2, 0.25) is 0 Å². The Kier molecular flexibility index (Phi) is 7.40. The van der Waals surface area contributed by atoms with Crippen LogP contribution in [-0.4, -0.2) is 24.9 Å². The van der Waals surface area contributed by atoms with Crippen molar-refractivity contribution >= 4 is 39.1 Å². The number of alkyl halides is 2. The Morgan fingerprint density at radius 2 is 1.64 bits per heavy atom. The van der Waals surface area contributed by atoms with Crippen molar-refractivity contribution < 1.29 is 28.1 Å². The van der Waals surface area contributed by atoms with Crippen LogP contribution in [0.1, 0.15) is 6.42 Å². The molecule has 0 amide bonds. The molecule has 0 heterocycles. The van der Waals surface area contributed by atoms with Crippen molar-refractivity contribution in [3.8, 4) is 23.0 Å². The summed E-state index contributed by atoms with van der Waals surface area (Å²) in [5, 5.41) is 9.72. The molecule has 0 spiro atoms. The monoisotopic (exact) mass is 456 g/mol. The molecule has 2 aromatic rings. The molecule has 2 aromatic carbocycles. The highest BCUT2D eigenvalue weighted by atomic mass is 79.9. The van der Waals surface area contributed by atoms with Crippen LogP contribution in [0.2, 0.25) is 10.0 Å². The summed E-state index contributed by atoms with van der Waals surface area (Å²) in [6, 6.07) is 7.20. The number of halogens is 5. The van der Waals surface area contributed by atoms with E-state index in [2.05, 4.69) is 20.7 Å². The van der Waals surface area contributed by atoms with E-state index >= 15 is 0 Å². The number of hydrogen-bond donors (Lipinski definition) is 1. The first-order valence-corrected chi connectivity index (χ1v) is 8.59. The number of phenols is 1. The van der Waals surface area contributed by atoms with Crippen LogP contribution in [0, 0.1) is 0 Å². The van der Waals surface area contributed by atoms with Gasteiger partial charge in [-0.15, -0.1) is 0 Å². The first kappa shape index (κ1) is 19.9. The molecule has 0 fully saturated rings. The fraction of sp³-hybridized carbons (Fsp3) is 0.250. The summed E-state index contributed by atoms with van der Waals surface area (Å²) in [4.78, 5) is 0. The minimum Gasteiger partial charge on any atom is -0.508 e. The van der Waals surface area contributed by atoms with E-state index in [1.54, 1.807) is 6.07 Å². The van der Waals surface area contributed by atoms with Gasteiger partial charge in [0.15, 0.2) is 17.2 Å². The van der Waals surface area contributed by atoms with Gasteiger partial charge in [-0.3, -0.25) is 0 Å². The molecule has 9 heteroatoms. The van der Waals surface area contributed by atoms with E-state index in [0.717, 1.165) is 0 Å². The summed E-state index contributed by atoms with van der Waals surface area (Å²) in [6.07, 6.45) is 0.442. The molecule has 0 bridgehead atoms. The van der Waals surface area contributed by atoms with Crippen molar-refractivity contribution in [2.24, 2.45) is 0 Å². The second-order valence-corrected chi connectivity index (χ2v) is 6.49. The zero-order valence-corrected chi connectivity index (χ0v) is 15.7. The first-order chi connectivity index (χ1) is 11.9. The van der Waals surface area contributed by atoms with E-state index in [1.165, 1.54) is 24.3 Å². The van der Waals surface area contributed by atoms with Gasteiger partial charge in [0.1, 0.15) is 5.75 Å². The van der Waals surface area contributed by atoms with Crippen molar-refractivity contribution in [2.45, 2.75) is 13.0 Å². The smallest absolute Gasteiger partial charge is 0.387 e. The molecule has 0 atom stereocenters. The fourth-order valence-corrected chi connectivity index (χ4v) is 2.81. The molecule has 1 N–H and O–H groups in total. The Hall–Kier alpha value is -1.44. The normalized spacial score (nSPS) is 10.8. The minimum absolute atomic E-state index is 0.0603. The minimum atomic E-state index is -2.95. The molecule has 4 nitrogen and oxygen atoms in total. The topological polar surface area (TPSA) is 47.9 Å². The maximum atomic E-state index is 12.4. The van der Waals surface area contributed by atoms with Crippen LogP contribution in [0.15, 0.2) is 34.8 Å². The van der Waals surface area contributed by atoms with Crippen LogP contribution in [0.3, 0.4) is 0 Å². The van der Waals surface area contributed by atoms with Gasteiger partial charge >= 0.3 is 6.61 Å². The maximum absolute atomic E-state index is 12.4. The number of benzene rings is 2. The third-order valence-corrected chi connectivity index (χ3v) is 3.95. The van der Waals surface area contributed by atoms with Gasteiger partial charge in [0, 0.05) is 23.0 Å². The van der Waals surface area contributed by atoms with Gasteiger partial charge in [0.05, 0.1) is 23.3 Å². The van der Waals surface area contributed by atoms with Gasteiger partial charge < -0.3 is 19.3 Å². The quantitative estimate of drug-likeness (QED) is 0.500. The summed E-state index contributed by atoms with van der Waals surface area (Å²) < 4.78 is 40.7. The van der Waals surface area contributed by atoms with Gasteiger partial charge in [-0.2, -0.15) is 8.78 Å². The third kappa shape index (κ3) is 6.09. The van der Waals surface area contributed by atoms with Crippen molar-refractivity contribution in [3.63, 3.8) is 0 Å². The molecule has 0 aromatic heterocycles. The maximum Gasteiger partial charge on any atom is 0.387 e. The van der Waals surface area contributed by atoms with Crippen LogP contribution in [-0.2, 0) is 0 Å². The molecule has 0 aliphatic rings.